The summed E-state index contributed by atoms with van der Waals surface area (Å²) in [5.74, 6) is -9.12. The fraction of sp³-hybridized carbons (Fsp3) is 0.353. The summed E-state index contributed by atoms with van der Waals surface area (Å²) in [6.45, 7) is 0. The Bertz CT molecular complexity index is 930. The van der Waals surface area contributed by atoms with Crippen LogP contribution in [0.4, 0.5) is 30.7 Å². The molecule has 0 radical (unpaired) electrons. The van der Waals surface area contributed by atoms with E-state index in [2.05, 4.69) is 0 Å². The second-order valence-electron chi connectivity index (χ2n) is 6.13. The summed E-state index contributed by atoms with van der Waals surface area (Å²) in [5, 5.41) is 18.6. The van der Waals surface area contributed by atoms with Crippen molar-refractivity contribution in [1.29, 1.82) is 5.26 Å². The molecular weight excluding hydrogens is 381 g/mol. The molecule has 1 heterocycles. The predicted octanol–water partition coefficient (Wildman–Crippen LogP) is 4.78. The molecule has 2 aromatic rings. The third-order valence-corrected chi connectivity index (χ3v) is 4.49. The van der Waals surface area contributed by atoms with Gasteiger partial charge in [-0.05, 0) is 24.6 Å². The molecule has 10 heteroatoms. The first-order chi connectivity index (χ1) is 12.5. The molecular formula is C17H11F7N2O. The fourth-order valence-corrected chi connectivity index (χ4v) is 3.14. The molecule has 3 nitrogen and oxygen atoms in total. The average Bonchev–Trinajstić information content (AvgIpc) is 2.99. The maximum atomic E-state index is 14.0. The van der Waals surface area contributed by atoms with Gasteiger partial charge >= 0.3 is 5.92 Å². The van der Waals surface area contributed by atoms with Gasteiger partial charge in [0.15, 0.2) is 0 Å². The first-order valence-electron chi connectivity index (χ1n) is 7.67. The zero-order chi connectivity index (χ0) is 20.1. The Hall–Kier alpha value is -2.54. The molecule has 0 spiro atoms. The molecule has 0 bridgehead atoms. The number of aliphatic hydroxyl groups is 1. The van der Waals surface area contributed by atoms with E-state index in [0.717, 1.165) is 10.6 Å². The highest BCUT2D eigenvalue weighted by atomic mass is 19.3. The van der Waals surface area contributed by atoms with Crippen molar-refractivity contribution in [2.75, 3.05) is 0 Å². The minimum Gasteiger partial charge on any atom is -0.382 e. The minimum atomic E-state index is -4.20. The van der Waals surface area contributed by atoms with Crippen molar-refractivity contribution in [2.24, 2.45) is 0 Å². The zero-order valence-electron chi connectivity index (χ0n) is 13.4. The summed E-state index contributed by atoms with van der Waals surface area (Å²) < 4.78 is 95.9. The van der Waals surface area contributed by atoms with E-state index in [1.165, 1.54) is 0 Å². The zero-order valence-corrected chi connectivity index (χ0v) is 13.4. The molecule has 1 aromatic heterocycles. The van der Waals surface area contributed by atoms with Crippen LogP contribution in [0.5, 0.6) is 0 Å². The number of benzene rings is 1. The molecule has 1 atom stereocenters. The van der Waals surface area contributed by atoms with E-state index in [1.54, 1.807) is 0 Å². The van der Waals surface area contributed by atoms with Crippen LogP contribution in [0.3, 0.4) is 0 Å². The van der Waals surface area contributed by atoms with Gasteiger partial charge < -0.3 is 9.67 Å². The Labute approximate surface area is 148 Å². The molecule has 0 saturated carbocycles. The van der Waals surface area contributed by atoms with Crippen LogP contribution in [0.25, 0.3) is 5.69 Å². The third kappa shape index (κ3) is 3.06. The highest BCUT2D eigenvalue weighted by molar-refractivity contribution is 5.49. The van der Waals surface area contributed by atoms with Gasteiger partial charge in [-0.2, -0.15) is 14.0 Å². The second-order valence-corrected chi connectivity index (χ2v) is 6.13. The molecule has 0 unspecified atom stereocenters. The van der Waals surface area contributed by atoms with Crippen molar-refractivity contribution in [2.45, 2.75) is 37.2 Å². The number of nitrogens with zero attached hydrogens (tertiary/aromatic N) is 2. The van der Waals surface area contributed by atoms with Crippen molar-refractivity contribution in [3.8, 4) is 11.8 Å². The number of rotatable bonds is 3. The lowest BCUT2D eigenvalue weighted by atomic mass is 9.87. The number of aromatic nitrogens is 1. The predicted molar refractivity (Wildman–Crippen MR) is 78.4 cm³/mol. The van der Waals surface area contributed by atoms with Gasteiger partial charge in [0, 0.05) is 29.6 Å². The SMILES string of the molecule is N#CC(F)(F)c1cn(-c2ccc(F)c(C(F)F)c2)c2c1[C@H](O)C(F)(F)CC2. The largest absolute Gasteiger partial charge is 0.382 e. The summed E-state index contributed by atoms with van der Waals surface area (Å²) in [6, 6.07) is 3.08. The molecule has 1 N–H and O–H groups in total. The van der Waals surface area contributed by atoms with Crippen molar-refractivity contribution < 1.29 is 35.8 Å². The lowest BCUT2D eigenvalue weighted by Gasteiger charge is -2.29. The molecule has 1 aliphatic rings. The summed E-state index contributed by atoms with van der Waals surface area (Å²) >= 11 is 0. The Morgan fingerprint density at radius 1 is 1.30 bits per heavy atom. The van der Waals surface area contributed by atoms with Crippen LogP contribution in [0.15, 0.2) is 24.4 Å². The maximum Gasteiger partial charge on any atom is 0.359 e. The number of hydrogen-bond acceptors (Lipinski definition) is 2. The second kappa shape index (κ2) is 6.27. The number of fused-ring (bicyclic) bond motifs is 1. The van der Waals surface area contributed by atoms with Crippen molar-refractivity contribution in [1.82, 2.24) is 4.57 Å². The van der Waals surface area contributed by atoms with Crippen LogP contribution >= 0.6 is 0 Å². The molecule has 3 rings (SSSR count). The Morgan fingerprint density at radius 3 is 2.56 bits per heavy atom. The number of aliphatic hydroxyl groups excluding tert-OH is 1. The normalized spacial score (nSPS) is 19.0. The van der Waals surface area contributed by atoms with Crippen molar-refractivity contribution in [3.05, 3.63) is 52.6 Å². The summed E-state index contributed by atoms with van der Waals surface area (Å²) in [6.07, 6.45) is -6.47. The van der Waals surface area contributed by atoms with Crippen LogP contribution in [0.1, 0.15) is 41.3 Å². The molecule has 1 aliphatic carbocycles. The van der Waals surface area contributed by atoms with Gasteiger partial charge in [0.05, 0.1) is 11.1 Å². The Kier molecular flexibility index (Phi) is 4.46. The molecule has 1 aromatic carbocycles. The molecule has 0 saturated heterocycles. The molecule has 0 aliphatic heterocycles. The number of nitriles is 1. The first kappa shape index (κ1) is 19.2. The van der Waals surface area contributed by atoms with Gasteiger partial charge in [-0.25, -0.2) is 22.0 Å². The van der Waals surface area contributed by atoms with Gasteiger partial charge in [0.25, 0.3) is 12.3 Å². The molecule has 144 valence electrons. The van der Waals surface area contributed by atoms with Crippen LogP contribution < -0.4 is 0 Å². The summed E-state index contributed by atoms with van der Waals surface area (Å²) in [7, 11) is 0. The van der Waals surface area contributed by atoms with E-state index in [1.807, 2.05) is 0 Å². The van der Waals surface area contributed by atoms with E-state index in [4.69, 9.17) is 5.26 Å². The van der Waals surface area contributed by atoms with E-state index in [0.29, 0.717) is 24.4 Å². The molecule has 27 heavy (non-hydrogen) atoms. The molecule has 0 amide bonds. The fourth-order valence-electron chi connectivity index (χ4n) is 3.14. The van der Waals surface area contributed by atoms with Gasteiger partial charge in [-0.15, -0.1) is 0 Å². The van der Waals surface area contributed by atoms with E-state index in [-0.39, 0.29) is 11.4 Å². The maximum absolute atomic E-state index is 14.0. The first-order valence-corrected chi connectivity index (χ1v) is 7.67. The highest BCUT2D eigenvalue weighted by Crippen LogP contribution is 2.47. The smallest absolute Gasteiger partial charge is 0.359 e. The lowest BCUT2D eigenvalue weighted by Crippen LogP contribution is -2.33. The van der Waals surface area contributed by atoms with Crippen molar-refractivity contribution >= 4 is 0 Å². The third-order valence-electron chi connectivity index (χ3n) is 4.49. The van der Waals surface area contributed by atoms with Crippen LogP contribution in [0.2, 0.25) is 0 Å². The number of hydrogen-bond donors (Lipinski definition) is 1. The Balaban J connectivity index is 2.27. The van der Waals surface area contributed by atoms with Gasteiger partial charge in [-0.1, -0.05) is 0 Å². The van der Waals surface area contributed by atoms with Gasteiger partial charge in [-0.3, -0.25) is 0 Å². The van der Waals surface area contributed by atoms with Gasteiger partial charge in [0.2, 0.25) is 0 Å². The van der Waals surface area contributed by atoms with Crippen LogP contribution in [-0.2, 0) is 12.3 Å². The lowest BCUT2D eigenvalue weighted by molar-refractivity contribution is -0.123. The minimum absolute atomic E-state index is 0.176. The van der Waals surface area contributed by atoms with E-state index >= 15 is 0 Å². The van der Waals surface area contributed by atoms with E-state index in [9.17, 15) is 35.8 Å². The topological polar surface area (TPSA) is 49.0 Å². The summed E-state index contributed by atoms with van der Waals surface area (Å²) in [5.41, 5.74) is -3.31. The van der Waals surface area contributed by atoms with Gasteiger partial charge in [0.1, 0.15) is 18.0 Å². The average molecular weight is 392 g/mol. The number of alkyl halides is 6. The Morgan fingerprint density at radius 2 is 1.96 bits per heavy atom. The van der Waals surface area contributed by atoms with Crippen LogP contribution in [0, 0.1) is 17.1 Å². The molecule has 0 fully saturated rings. The highest BCUT2D eigenvalue weighted by Gasteiger charge is 2.50. The van der Waals surface area contributed by atoms with E-state index < -0.39 is 59.7 Å². The quantitative estimate of drug-likeness (QED) is 0.764. The number of halogens is 7. The van der Waals surface area contributed by atoms with Crippen molar-refractivity contribution in [3.63, 3.8) is 0 Å². The van der Waals surface area contributed by atoms with Crippen LogP contribution in [-0.4, -0.2) is 15.6 Å². The monoisotopic (exact) mass is 392 g/mol. The standard InChI is InChI=1S/C17H11F7N2O/c18-11-2-1-8(5-9(11)15(19)20)26-6-10(17(23,24)7-25)13-12(26)3-4-16(21,22)14(13)27/h1-2,5-6,14-15,27H,3-4H2/t14-/m0/s1. The summed E-state index contributed by atoms with van der Waals surface area (Å²) in [4.78, 5) is 0.